The summed E-state index contributed by atoms with van der Waals surface area (Å²) in [7, 11) is 0. The molecule has 1 atom stereocenters. The molecule has 3 aromatic rings. The van der Waals surface area contributed by atoms with Gasteiger partial charge in [0.1, 0.15) is 17.7 Å². The Balaban J connectivity index is 0.00000261. The summed E-state index contributed by atoms with van der Waals surface area (Å²) in [5.74, 6) is 1.07. The van der Waals surface area contributed by atoms with Crippen LogP contribution in [0.15, 0.2) is 47.0 Å². The highest BCUT2D eigenvalue weighted by Crippen LogP contribution is 2.13. The van der Waals surface area contributed by atoms with E-state index in [9.17, 15) is 4.39 Å². The normalized spacial score (nSPS) is 12.5. The van der Waals surface area contributed by atoms with Crippen molar-refractivity contribution in [3.63, 3.8) is 0 Å². The summed E-state index contributed by atoms with van der Waals surface area (Å²) in [5, 5.41) is 8.47. The fourth-order valence-electron chi connectivity index (χ4n) is 2.38. The van der Waals surface area contributed by atoms with Crippen LogP contribution in [0.3, 0.4) is 0 Å². The number of imidazole rings is 1. The summed E-state index contributed by atoms with van der Waals surface area (Å²) < 4.78 is 20.7. The number of fused-ring (bicyclic) bond motifs is 1. The van der Waals surface area contributed by atoms with E-state index in [0.717, 1.165) is 17.2 Å². The average molecular weight is 503 g/mol. The number of rotatable bonds is 7. The minimum Gasteiger partial charge on any atom is -0.489 e. The van der Waals surface area contributed by atoms with Crippen molar-refractivity contribution in [2.24, 2.45) is 4.99 Å². The van der Waals surface area contributed by atoms with Crippen LogP contribution in [-0.2, 0) is 6.54 Å². The Morgan fingerprint density at radius 1 is 1.33 bits per heavy atom. The Labute approximate surface area is 178 Å². The van der Waals surface area contributed by atoms with Crippen LogP contribution in [0, 0.1) is 5.82 Å². The van der Waals surface area contributed by atoms with Gasteiger partial charge < -0.3 is 15.4 Å². The number of guanidine groups is 1. The first-order valence-electron chi connectivity index (χ1n) is 8.49. The van der Waals surface area contributed by atoms with E-state index in [0.29, 0.717) is 24.8 Å². The molecule has 0 saturated carbocycles. The first kappa shape index (κ1) is 21.4. The zero-order chi connectivity index (χ0) is 18.4. The maximum atomic E-state index is 12.9. The molecule has 0 aliphatic heterocycles. The lowest BCUT2D eigenvalue weighted by Crippen LogP contribution is -2.41. The number of aromatic nitrogens is 2. The monoisotopic (exact) mass is 503 g/mol. The van der Waals surface area contributed by atoms with E-state index in [-0.39, 0.29) is 35.9 Å². The highest BCUT2D eigenvalue weighted by atomic mass is 127. The molecule has 27 heavy (non-hydrogen) atoms. The van der Waals surface area contributed by atoms with Crippen LogP contribution in [-0.4, -0.2) is 34.5 Å². The number of hydrogen-bond donors (Lipinski definition) is 2. The Bertz CT molecular complexity index is 836. The van der Waals surface area contributed by atoms with Crippen LogP contribution < -0.4 is 15.4 Å². The van der Waals surface area contributed by atoms with Gasteiger partial charge in [0.15, 0.2) is 10.9 Å². The molecule has 0 bridgehead atoms. The van der Waals surface area contributed by atoms with E-state index in [1.165, 1.54) is 12.1 Å². The van der Waals surface area contributed by atoms with Gasteiger partial charge in [0.05, 0.1) is 18.8 Å². The third kappa shape index (κ3) is 6.35. The molecule has 2 heterocycles. The maximum absolute atomic E-state index is 12.9. The molecule has 6 nitrogen and oxygen atoms in total. The van der Waals surface area contributed by atoms with Gasteiger partial charge in [0, 0.05) is 24.3 Å². The number of thiazole rings is 1. The summed E-state index contributed by atoms with van der Waals surface area (Å²) in [4.78, 5) is 10.1. The van der Waals surface area contributed by atoms with E-state index in [1.807, 2.05) is 36.0 Å². The van der Waals surface area contributed by atoms with Crippen molar-refractivity contribution in [1.29, 1.82) is 0 Å². The van der Waals surface area contributed by atoms with Gasteiger partial charge in [-0.1, -0.05) is 0 Å². The largest absolute Gasteiger partial charge is 0.489 e. The first-order valence-corrected chi connectivity index (χ1v) is 9.37. The van der Waals surface area contributed by atoms with E-state index in [2.05, 4.69) is 20.6 Å². The van der Waals surface area contributed by atoms with Crippen LogP contribution in [0.1, 0.15) is 19.5 Å². The van der Waals surface area contributed by atoms with E-state index >= 15 is 0 Å². The Kier molecular flexibility index (Phi) is 8.29. The highest BCUT2D eigenvalue weighted by Gasteiger charge is 2.07. The molecule has 0 radical (unpaired) electrons. The standard InChI is InChI=1S/C18H22FN5OS.HI/c1-3-20-17(22-11-15-12-24-8-9-26-18(24)23-15)21-10-13(2)25-16-6-4-14(19)5-7-16;/h4-9,12-13H,3,10-11H2,1-2H3,(H2,20,21,22);1H. The Hall–Kier alpha value is -1.88. The number of benzene rings is 1. The molecule has 0 fully saturated rings. The maximum Gasteiger partial charge on any atom is 0.193 e. The van der Waals surface area contributed by atoms with Crippen molar-refractivity contribution >= 4 is 46.2 Å². The van der Waals surface area contributed by atoms with Gasteiger partial charge in [-0.25, -0.2) is 14.4 Å². The molecule has 0 saturated heterocycles. The molecule has 2 N–H and O–H groups in total. The molecular weight excluding hydrogens is 480 g/mol. The van der Waals surface area contributed by atoms with Gasteiger partial charge in [-0.2, -0.15) is 0 Å². The molecule has 0 aliphatic rings. The second-order valence-electron chi connectivity index (χ2n) is 5.78. The SMILES string of the molecule is CCNC(=NCc1cn2ccsc2n1)NCC(C)Oc1ccc(F)cc1.I. The Morgan fingerprint density at radius 3 is 2.81 bits per heavy atom. The van der Waals surface area contributed by atoms with Crippen LogP contribution in [0.5, 0.6) is 5.75 Å². The van der Waals surface area contributed by atoms with Gasteiger partial charge >= 0.3 is 0 Å². The molecular formula is C18H23FIN5OS. The van der Waals surface area contributed by atoms with Gasteiger partial charge in [-0.05, 0) is 38.1 Å². The van der Waals surface area contributed by atoms with Gasteiger partial charge in [0.2, 0.25) is 0 Å². The minimum absolute atomic E-state index is 0. The molecule has 1 aromatic carbocycles. The minimum atomic E-state index is -0.274. The molecule has 2 aromatic heterocycles. The predicted octanol–water partition coefficient (Wildman–Crippen LogP) is 3.68. The summed E-state index contributed by atoms with van der Waals surface area (Å²) in [6, 6.07) is 6.01. The lowest BCUT2D eigenvalue weighted by Gasteiger charge is -2.17. The van der Waals surface area contributed by atoms with Crippen molar-refractivity contribution in [2.45, 2.75) is 26.5 Å². The molecule has 9 heteroatoms. The summed E-state index contributed by atoms with van der Waals surface area (Å²) in [6.07, 6.45) is 3.87. The number of nitrogens with one attached hydrogen (secondary N) is 2. The summed E-state index contributed by atoms with van der Waals surface area (Å²) in [5.41, 5.74) is 0.921. The molecule has 0 amide bonds. The number of halogens is 2. The van der Waals surface area contributed by atoms with Crippen molar-refractivity contribution in [1.82, 2.24) is 20.0 Å². The fourth-order valence-corrected chi connectivity index (χ4v) is 3.10. The van der Waals surface area contributed by atoms with Crippen LogP contribution in [0.25, 0.3) is 4.96 Å². The molecule has 146 valence electrons. The highest BCUT2D eigenvalue weighted by molar-refractivity contribution is 14.0. The first-order chi connectivity index (χ1) is 12.6. The van der Waals surface area contributed by atoms with Crippen LogP contribution >= 0.6 is 35.3 Å². The smallest absolute Gasteiger partial charge is 0.193 e. The van der Waals surface area contributed by atoms with E-state index < -0.39 is 0 Å². The average Bonchev–Trinajstić information content (AvgIpc) is 3.21. The van der Waals surface area contributed by atoms with Gasteiger partial charge in [-0.15, -0.1) is 35.3 Å². The zero-order valence-corrected chi connectivity index (χ0v) is 18.3. The number of ether oxygens (including phenoxy) is 1. The van der Waals surface area contributed by atoms with Crippen molar-refractivity contribution in [3.8, 4) is 5.75 Å². The van der Waals surface area contributed by atoms with Gasteiger partial charge in [0.25, 0.3) is 0 Å². The van der Waals surface area contributed by atoms with Crippen LogP contribution in [0.4, 0.5) is 4.39 Å². The molecule has 0 aliphatic carbocycles. The predicted molar refractivity (Wildman–Crippen MR) is 118 cm³/mol. The Morgan fingerprint density at radius 2 is 2.11 bits per heavy atom. The lowest BCUT2D eigenvalue weighted by molar-refractivity contribution is 0.223. The summed E-state index contributed by atoms with van der Waals surface area (Å²) in [6.45, 7) is 5.79. The quantitative estimate of drug-likeness (QED) is 0.294. The second kappa shape index (κ2) is 10.5. The van der Waals surface area contributed by atoms with Crippen molar-refractivity contribution < 1.29 is 9.13 Å². The second-order valence-corrected chi connectivity index (χ2v) is 6.66. The van der Waals surface area contributed by atoms with Crippen molar-refractivity contribution in [2.75, 3.05) is 13.1 Å². The van der Waals surface area contributed by atoms with Gasteiger partial charge in [-0.3, -0.25) is 4.40 Å². The van der Waals surface area contributed by atoms with Crippen LogP contribution in [0.2, 0.25) is 0 Å². The van der Waals surface area contributed by atoms with Crippen molar-refractivity contribution in [3.05, 3.63) is 53.6 Å². The lowest BCUT2D eigenvalue weighted by atomic mass is 10.3. The molecule has 3 rings (SSSR count). The molecule has 0 spiro atoms. The third-order valence-corrected chi connectivity index (χ3v) is 4.37. The summed E-state index contributed by atoms with van der Waals surface area (Å²) >= 11 is 1.60. The third-order valence-electron chi connectivity index (χ3n) is 3.59. The molecule has 1 unspecified atom stereocenters. The number of hydrogen-bond acceptors (Lipinski definition) is 4. The van der Waals surface area contributed by atoms with E-state index in [1.54, 1.807) is 23.5 Å². The topological polar surface area (TPSA) is 63.0 Å². The number of nitrogens with zero attached hydrogens (tertiary/aromatic N) is 3. The zero-order valence-electron chi connectivity index (χ0n) is 15.2. The van der Waals surface area contributed by atoms with E-state index in [4.69, 9.17) is 4.74 Å². The fraction of sp³-hybridized carbons (Fsp3) is 0.333. The number of aliphatic imine (C=N–C) groups is 1.